The largest absolute Gasteiger partial charge is 0.493 e. The lowest BCUT2D eigenvalue weighted by molar-refractivity contribution is -0.0706. The summed E-state index contributed by atoms with van der Waals surface area (Å²) in [6.07, 6.45) is 8.55. The first-order valence-electron chi connectivity index (χ1n) is 11.9. The van der Waals surface area contributed by atoms with Gasteiger partial charge in [0.1, 0.15) is 12.4 Å². The highest BCUT2D eigenvalue weighted by molar-refractivity contribution is 6.31. The van der Waals surface area contributed by atoms with E-state index >= 15 is 0 Å². The van der Waals surface area contributed by atoms with Gasteiger partial charge in [-0.3, -0.25) is 0 Å². The molecule has 1 unspecified atom stereocenters. The normalized spacial score (nSPS) is 29.2. The summed E-state index contributed by atoms with van der Waals surface area (Å²) in [5.41, 5.74) is 2.27. The molecule has 0 spiro atoms. The van der Waals surface area contributed by atoms with E-state index in [9.17, 15) is 4.39 Å². The maximum atomic E-state index is 13.4. The number of rotatable bonds is 8. The van der Waals surface area contributed by atoms with Gasteiger partial charge in [-0.25, -0.2) is 4.39 Å². The fourth-order valence-electron chi connectivity index (χ4n) is 7.00. The number of halogens is 2. The summed E-state index contributed by atoms with van der Waals surface area (Å²) in [6.45, 7) is 3.37. The van der Waals surface area contributed by atoms with Crippen LogP contribution in [0.25, 0.3) is 0 Å². The molecule has 6 rings (SSSR count). The van der Waals surface area contributed by atoms with Crippen LogP contribution in [0.15, 0.2) is 36.4 Å². The van der Waals surface area contributed by atoms with Crippen LogP contribution in [0.4, 0.5) is 4.39 Å². The molecule has 32 heavy (non-hydrogen) atoms. The number of hydrogen-bond donors (Lipinski definition) is 1. The van der Waals surface area contributed by atoms with Crippen LogP contribution in [0.3, 0.4) is 0 Å². The molecule has 0 saturated heterocycles. The highest BCUT2D eigenvalue weighted by Gasteiger charge is 2.52. The van der Waals surface area contributed by atoms with Crippen molar-refractivity contribution in [3.05, 3.63) is 58.4 Å². The molecule has 4 aliphatic rings. The van der Waals surface area contributed by atoms with Crippen molar-refractivity contribution in [1.29, 1.82) is 0 Å². The van der Waals surface area contributed by atoms with Crippen molar-refractivity contribution in [2.45, 2.75) is 64.6 Å². The molecular formula is C27H33ClFNO2. The van der Waals surface area contributed by atoms with Gasteiger partial charge in [-0.05, 0) is 86.8 Å². The summed E-state index contributed by atoms with van der Waals surface area (Å²) in [4.78, 5) is 0. The summed E-state index contributed by atoms with van der Waals surface area (Å²) >= 11 is 6.20. The van der Waals surface area contributed by atoms with Crippen molar-refractivity contribution >= 4 is 11.6 Å². The Hall–Kier alpha value is -1.78. The second-order valence-corrected chi connectivity index (χ2v) is 10.8. The summed E-state index contributed by atoms with van der Waals surface area (Å²) in [5, 5.41) is 4.22. The van der Waals surface area contributed by atoms with Crippen molar-refractivity contribution < 1.29 is 13.9 Å². The van der Waals surface area contributed by atoms with Crippen molar-refractivity contribution in [1.82, 2.24) is 5.32 Å². The zero-order valence-electron chi connectivity index (χ0n) is 19.0. The van der Waals surface area contributed by atoms with Crippen LogP contribution in [0.1, 0.15) is 56.6 Å². The number of nitrogens with one attached hydrogen (secondary N) is 1. The minimum Gasteiger partial charge on any atom is -0.493 e. The Balaban J connectivity index is 1.29. The van der Waals surface area contributed by atoms with Crippen LogP contribution in [0, 0.1) is 29.0 Å². The number of ether oxygens (including phenoxy) is 2. The first kappa shape index (κ1) is 22.0. The van der Waals surface area contributed by atoms with E-state index in [0.29, 0.717) is 22.2 Å². The summed E-state index contributed by atoms with van der Waals surface area (Å²) in [7, 11) is 1.66. The Morgan fingerprint density at radius 3 is 2.38 bits per heavy atom. The number of hydrogen-bond acceptors (Lipinski definition) is 3. The van der Waals surface area contributed by atoms with Crippen molar-refractivity contribution in [2.75, 3.05) is 7.11 Å². The molecule has 0 aromatic heterocycles. The molecule has 4 aliphatic carbocycles. The third kappa shape index (κ3) is 4.24. The van der Waals surface area contributed by atoms with Gasteiger partial charge >= 0.3 is 0 Å². The first-order valence-corrected chi connectivity index (χ1v) is 12.3. The molecular weight excluding hydrogens is 425 g/mol. The summed E-state index contributed by atoms with van der Waals surface area (Å²) in [5.74, 6) is 3.91. The van der Waals surface area contributed by atoms with Gasteiger partial charge in [-0.1, -0.05) is 29.8 Å². The zero-order valence-corrected chi connectivity index (χ0v) is 19.8. The maximum absolute atomic E-state index is 13.4. The minimum atomic E-state index is -0.348. The van der Waals surface area contributed by atoms with E-state index in [0.717, 1.165) is 41.2 Å². The predicted octanol–water partition coefficient (Wildman–Crippen LogP) is 6.76. The lowest BCUT2D eigenvalue weighted by atomic mass is 9.48. The third-order valence-electron chi connectivity index (χ3n) is 8.27. The Morgan fingerprint density at radius 2 is 1.75 bits per heavy atom. The van der Waals surface area contributed by atoms with Crippen LogP contribution < -0.4 is 14.8 Å². The number of benzene rings is 2. The Morgan fingerprint density at radius 1 is 1.06 bits per heavy atom. The molecule has 0 heterocycles. The quantitative estimate of drug-likeness (QED) is 0.475. The summed E-state index contributed by atoms with van der Waals surface area (Å²) < 4.78 is 25.1. The van der Waals surface area contributed by atoms with Gasteiger partial charge in [0.15, 0.2) is 11.5 Å². The highest BCUT2D eigenvalue weighted by Crippen LogP contribution is 2.61. The molecule has 1 N–H and O–H groups in total. The van der Waals surface area contributed by atoms with E-state index in [-0.39, 0.29) is 12.4 Å². The van der Waals surface area contributed by atoms with Crippen LogP contribution in [-0.4, -0.2) is 13.2 Å². The monoisotopic (exact) mass is 457 g/mol. The van der Waals surface area contributed by atoms with Gasteiger partial charge in [0.05, 0.1) is 12.1 Å². The Kier molecular flexibility index (Phi) is 6.11. The first-order chi connectivity index (χ1) is 15.5. The van der Waals surface area contributed by atoms with Gasteiger partial charge in [0, 0.05) is 23.7 Å². The van der Waals surface area contributed by atoms with E-state index < -0.39 is 0 Å². The molecule has 2 aromatic carbocycles. The third-order valence-corrected chi connectivity index (χ3v) is 8.62. The van der Waals surface area contributed by atoms with Crippen LogP contribution in [0.5, 0.6) is 11.5 Å². The van der Waals surface area contributed by atoms with Crippen LogP contribution in [0.2, 0.25) is 5.02 Å². The molecule has 0 radical (unpaired) electrons. The predicted molar refractivity (Wildman–Crippen MR) is 126 cm³/mol. The molecule has 1 atom stereocenters. The second-order valence-electron chi connectivity index (χ2n) is 10.4. The van der Waals surface area contributed by atoms with E-state index in [4.69, 9.17) is 21.1 Å². The molecule has 4 saturated carbocycles. The van der Waals surface area contributed by atoms with Gasteiger partial charge in [-0.2, -0.15) is 0 Å². The molecule has 3 nitrogen and oxygen atoms in total. The summed E-state index contributed by atoms with van der Waals surface area (Å²) in [6, 6.07) is 10.9. The maximum Gasteiger partial charge on any atom is 0.166 e. The standard InChI is InChI=1S/C27H33ClFNO2/c1-17(27-12-18-8-19(13-27)10-20(9-18)14-27)30-15-21-4-3-5-25(31-2)26(21)32-16-22-6-7-23(29)11-24(22)28/h3-7,11,17-20,30H,8-10,12-16H2,1-2H3. The van der Waals surface area contributed by atoms with E-state index in [2.05, 4.69) is 18.3 Å². The van der Waals surface area contributed by atoms with Gasteiger partial charge in [0.2, 0.25) is 0 Å². The SMILES string of the molecule is COc1cccc(CNC(C)C23CC4CC(CC(C4)C2)C3)c1OCc1ccc(F)cc1Cl. The fraction of sp³-hybridized carbons (Fsp3) is 0.556. The second kappa shape index (κ2) is 8.87. The van der Waals surface area contributed by atoms with E-state index in [1.165, 1.54) is 50.7 Å². The van der Waals surface area contributed by atoms with Gasteiger partial charge in [-0.15, -0.1) is 0 Å². The Labute approximate surface area is 195 Å². The average Bonchev–Trinajstić information content (AvgIpc) is 2.76. The lowest BCUT2D eigenvalue weighted by Crippen LogP contribution is -2.54. The fourth-order valence-corrected chi connectivity index (χ4v) is 7.22. The molecule has 5 heteroatoms. The average molecular weight is 458 g/mol. The van der Waals surface area contributed by atoms with Crippen LogP contribution >= 0.6 is 11.6 Å². The topological polar surface area (TPSA) is 30.5 Å². The van der Waals surface area contributed by atoms with E-state index in [1.807, 2.05) is 12.1 Å². The van der Waals surface area contributed by atoms with Gasteiger partial charge in [0.25, 0.3) is 0 Å². The lowest BCUT2D eigenvalue weighted by Gasteiger charge is -2.59. The molecule has 0 aliphatic heterocycles. The number of methoxy groups -OCH3 is 1. The minimum absolute atomic E-state index is 0.261. The van der Waals surface area contributed by atoms with Crippen molar-refractivity contribution in [3.8, 4) is 11.5 Å². The van der Waals surface area contributed by atoms with E-state index in [1.54, 1.807) is 13.2 Å². The smallest absolute Gasteiger partial charge is 0.166 e. The molecule has 2 aromatic rings. The zero-order chi connectivity index (χ0) is 22.3. The Bertz CT molecular complexity index is 943. The number of para-hydroxylation sites is 1. The molecule has 4 fully saturated rings. The van der Waals surface area contributed by atoms with Crippen molar-refractivity contribution in [2.24, 2.45) is 23.2 Å². The molecule has 4 bridgehead atoms. The highest BCUT2D eigenvalue weighted by atomic mass is 35.5. The van der Waals surface area contributed by atoms with Crippen LogP contribution in [-0.2, 0) is 13.2 Å². The van der Waals surface area contributed by atoms with Crippen molar-refractivity contribution in [3.63, 3.8) is 0 Å². The molecule has 0 amide bonds. The molecule has 172 valence electrons. The van der Waals surface area contributed by atoms with Gasteiger partial charge < -0.3 is 14.8 Å².